The van der Waals surface area contributed by atoms with Crippen LogP contribution in [0.3, 0.4) is 0 Å². The minimum Gasteiger partial charge on any atom is -0.505 e. The van der Waals surface area contributed by atoms with Crippen molar-refractivity contribution in [3.05, 3.63) is 29.6 Å². The first-order chi connectivity index (χ1) is 10.9. The molecule has 0 aliphatic heterocycles. The molecule has 2 atom stereocenters. The molecule has 5 nitrogen and oxygen atoms in total. The van der Waals surface area contributed by atoms with Gasteiger partial charge in [0.25, 0.3) is 0 Å². The Morgan fingerprint density at radius 1 is 1.46 bits per heavy atom. The van der Waals surface area contributed by atoms with Gasteiger partial charge in [0.2, 0.25) is 0 Å². The number of aromatic hydroxyl groups is 1. The van der Waals surface area contributed by atoms with Gasteiger partial charge in [0.15, 0.2) is 17.5 Å². The highest BCUT2D eigenvalue weighted by Crippen LogP contribution is 2.42. The molecular weight excluding hydrogens is 424 g/mol. The SMILES string of the molecule is CCNC(=NCc1ccc(O)c(F)c1)NC1CC(OC)C1(C)C.I. The van der Waals surface area contributed by atoms with Gasteiger partial charge in [0.1, 0.15) is 0 Å². The number of hydrogen-bond acceptors (Lipinski definition) is 3. The van der Waals surface area contributed by atoms with Gasteiger partial charge in [-0.25, -0.2) is 9.38 Å². The Morgan fingerprint density at radius 2 is 2.17 bits per heavy atom. The minimum absolute atomic E-state index is 0. The smallest absolute Gasteiger partial charge is 0.191 e. The van der Waals surface area contributed by atoms with E-state index in [-0.39, 0.29) is 47.3 Å². The third-order valence-electron chi connectivity index (χ3n) is 4.55. The first-order valence-corrected chi connectivity index (χ1v) is 7.93. The van der Waals surface area contributed by atoms with Crippen LogP contribution in [0.25, 0.3) is 0 Å². The fourth-order valence-electron chi connectivity index (χ4n) is 2.83. The summed E-state index contributed by atoms with van der Waals surface area (Å²) in [5.74, 6) is -0.267. The molecule has 1 aromatic rings. The molecule has 0 bridgehead atoms. The summed E-state index contributed by atoms with van der Waals surface area (Å²) in [6, 6.07) is 4.59. The van der Waals surface area contributed by atoms with Crippen molar-refractivity contribution in [3.8, 4) is 5.75 Å². The van der Waals surface area contributed by atoms with Crippen molar-refractivity contribution in [2.24, 2.45) is 10.4 Å². The van der Waals surface area contributed by atoms with Gasteiger partial charge in [0, 0.05) is 25.1 Å². The summed E-state index contributed by atoms with van der Waals surface area (Å²) in [5, 5.41) is 15.8. The maximum absolute atomic E-state index is 13.4. The van der Waals surface area contributed by atoms with E-state index in [4.69, 9.17) is 4.74 Å². The van der Waals surface area contributed by atoms with Gasteiger partial charge in [-0.3, -0.25) is 0 Å². The fourth-order valence-corrected chi connectivity index (χ4v) is 2.83. The summed E-state index contributed by atoms with van der Waals surface area (Å²) in [7, 11) is 1.74. The van der Waals surface area contributed by atoms with Gasteiger partial charge >= 0.3 is 0 Å². The van der Waals surface area contributed by atoms with Gasteiger partial charge in [-0.05, 0) is 31.0 Å². The third-order valence-corrected chi connectivity index (χ3v) is 4.55. The Kier molecular flexibility index (Phi) is 7.72. The van der Waals surface area contributed by atoms with Gasteiger partial charge in [-0.15, -0.1) is 24.0 Å². The lowest BCUT2D eigenvalue weighted by molar-refractivity contribution is -0.0922. The van der Waals surface area contributed by atoms with Gasteiger partial charge in [0.05, 0.1) is 12.6 Å². The number of halogens is 2. The molecule has 1 aromatic carbocycles. The van der Waals surface area contributed by atoms with Crippen molar-refractivity contribution in [1.82, 2.24) is 10.6 Å². The second-order valence-electron chi connectivity index (χ2n) is 6.46. The zero-order chi connectivity index (χ0) is 17.0. The van der Waals surface area contributed by atoms with Crippen molar-refractivity contribution >= 4 is 29.9 Å². The Bertz CT molecular complexity index is 581. The highest BCUT2D eigenvalue weighted by molar-refractivity contribution is 14.0. The predicted octanol–water partition coefficient (Wildman–Crippen LogP) is 3.02. The van der Waals surface area contributed by atoms with Crippen LogP contribution in [0.15, 0.2) is 23.2 Å². The first kappa shape index (κ1) is 21.0. The van der Waals surface area contributed by atoms with Crippen molar-refractivity contribution in [1.29, 1.82) is 0 Å². The Hall–Kier alpha value is -1.09. The molecule has 0 spiro atoms. The summed E-state index contributed by atoms with van der Waals surface area (Å²) in [4.78, 5) is 4.50. The maximum atomic E-state index is 13.4. The first-order valence-electron chi connectivity index (χ1n) is 7.93. The number of hydrogen-bond donors (Lipinski definition) is 3. The van der Waals surface area contributed by atoms with Crippen molar-refractivity contribution in [2.45, 2.75) is 45.9 Å². The second-order valence-corrected chi connectivity index (χ2v) is 6.46. The number of nitrogens with one attached hydrogen (secondary N) is 2. The fraction of sp³-hybridized carbons (Fsp3) is 0.588. The Labute approximate surface area is 160 Å². The molecule has 0 radical (unpaired) electrons. The zero-order valence-corrected chi connectivity index (χ0v) is 16.9. The van der Waals surface area contributed by atoms with E-state index in [0.29, 0.717) is 18.1 Å². The molecule has 0 amide bonds. The van der Waals surface area contributed by atoms with Crippen LogP contribution in [0.5, 0.6) is 5.75 Å². The third kappa shape index (κ3) is 4.72. The second kappa shape index (κ2) is 8.84. The molecule has 1 aliphatic rings. The van der Waals surface area contributed by atoms with Crippen LogP contribution in [-0.2, 0) is 11.3 Å². The van der Waals surface area contributed by atoms with E-state index in [1.54, 1.807) is 13.2 Å². The minimum atomic E-state index is -0.626. The molecule has 0 aromatic heterocycles. The average molecular weight is 451 g/mol. The Morgan fingerprint density at radius 3 is 2.71 bits per heavy atom. The number of phenolic OH excluding ortho intramolecular Hbond substituents is 1. The molecular formula is C17H27FIN3O2. The van der Waals surface area contributed by atoms with Crippen LogP contribution in [0.2, 0.25) is 0 Å². The van der Waals surface area contributed by atoms with Crippen LogP contribution in [0.4, 0.5) is 4.39 Å². The molecule has 24 heavy (non-hydrogen) atoms. The van der Waals surface area contributed by atoms with E-state index in [9.17, 15) is 9.50 Å². The normalized spacial score (nSPS) is 22.3. The number of rotatable bonds is 5. The lowest BCUT2D eigenvalue weighted by Gasteiger charge is -2.51. The van der Waals surface area contributed by atoms with E-state index in [1.807, 2.05) is 6.92 Å². The van der Waals surface area contributed by atoms with E-state index in [1.165, 1.54) is 12.1 Å². The molecule has 136 valence electrons. The van der Waals surface area contributed by atoms with Gasteiger partial charge < -0.3 is 20.5 Å². The lowest BCUT2D eigenvalue weighted by atomic mass is 9.64. The van der Waals surface area contributed by atoms with Crippen molar-refractivity contribution in [2.75, 3.05) is 13.7 Å². The summed E-state index contributed by atoms with van der Waals surface area (Å²) < 4.78 is 18.8. The number of nitrogens with zero attached hydrogens (tertiary/aromatic N) is 1. The molecule has 2 rings (SSSR count). The zero-order valence-electron chi connectivity index (χ0n) is 14.6. The molecule has 0 heterocycles. The molecule has 3 N–H and O–H groups in total. The van der Waals surface area contributed by atoms with E-state index in [0.717, 1.165) is 13.0 Å². The lowest BCUT2D eigenvalue weighted by Crippen LogP contribution is -2.63. The van der Waals surface area contributed by atoms with Gasteiger partial charge in [-0.1, -0.05) is 19.9 Å². The van der Waals surface area contributed by atoms with E-state index >= 15 is 0 Å². The predicted molar refractivity (Wildman–Crippen MR) is 104 cm³/mol. The topological polar surface area (TPSA) is 65.9 Å². The highest BCUT2D eigenvalue weighted by Gasteiger charge is 2.48. The molecule has 1 fully saturated rings. The van der Waals surface area contributed by atoms with Crippen LogP contribution < -0.4 is 10.6 Å². The summed E-state index contributed by atoms with van der Waals surface area (Å²) >= 11 is 0. The van der Waals surface area contributed by atoms with Crippen molar-refractivity contribution < 1.29 is 14.2 Å². The van der Waals surface area contributed by atoms with E-state index < -0.39 is 5.82 Å². The average Bonchev–Trinajstić information content (AvgIpc) is 2.51. The Balaban J connectivity index is 0.00000288. The number of ether oxygens (including phenoxy) is 1. The quantitative estimate of drug-likeness (QED) is 0.366. The molecule has 0 saturated heterocycles. The van der Waals surface area contributed by atoms with Crippen LogP contribution in [-0.4, -0.2) is 36.9 Å². The van der Waals surface area contributed by atoms with Gasteiger partial charge in [-0.2, -0.15) is 0 Å². The standard InChI is InChI=1S/C17H26FN3O2.HI/c1-5-19-16(21-14-9-15(23-4)17(14,2)3)20-10-11-6-7-13(22)12(18)8-11;/h6-8,14-15,22H,5,9-10H2,1-4H3,(H2,19,20,21);1H. The number of phenols is 1. The molecule has 1 saturated carbocycles. The highest BCUT2D eigenvalue weighted by atomic mass is 127. The largest absolute Gasteiger partial charge is 0.505 e. The monoisotopic (exact) mass is 451 g/mol. The number of guanidine groups is 1. The summed E-state index contributed by atoms with van der Waals surface area (Å²) in [6.45, 7) is 7.42. The molecule has 7 heteroatoms. The summed E-state index contributed by atoms with van der Waals surface area (Å²) in [5.41, 5.74) is 0.746. The molecule has 2 unspecified atom stereocenters. The van der Waals surface area contributed by atoms with Crippen LogP contribution in [0, 0.1) is 11.2 Å². The van der Waals surface area contributed by atoms with Crippen molar-refractivity contribution in [3.63, 3.8) is 0 Å². The van der Waals surface area contributed by atoms with Crippen LogP contribution >= 0.6 is 24.0 Å². The van der Waals surface area contributed by atoms with E-state index in [2.05, 4.69) is 29.5 Å². The number of aliphatic imine (C=N–C) groups is 1. The molecule has 1 aliphatic carbocycles. The number of benzene rings is 1. The summed E-state index contributed by atoms with van der Waals surface area (Å²) in [6.07, 6.45) is 1.18. The number of methoxy groups -OCH3 is 1. The maximum Gasteiger partial charge on any atom is 0.191 e. The van der Waals surface area contributed by atoms with Crippen LogP contribution in [0.1, 0.15) is 32.8 Å².